The second-order valence-electron chi connectivity index (χ2n) is 18.9. The van der Waals surface area contributed by atoms with Crippen LogP contribution >= 0.6 is 0 Å². The summed E-state index contributed by atoms with van der Waals surface area (Å²) < 4.78 is 0. The average molecular weight is 943 g/mol. The molecule has 0 unspecified atom stereocenters. The molecule has 0 fully saturated rings. The molecule has 14 rings (SSSR count). The first-order valence-electron chi connectivity index (χ1n) is 25.2. The molecule has 0 amide bonds. The molecule has 2 aromatic heterocycles. The van der Waals surface area contributed by atoms with E-state index in [4.69, 9.17) is 9.97 Å². The van der Waals surface area contributed by atoms with E-state index < -0.39 is 0 Å². The minimum Gasteiger partial charge on any atom is -0.309 e. The Kier molecular flexibility index (Phi) is 10.5. The summed E-state index contributed by atoms with van der Waals surface area (Å²) in [6.45, 7) is 0. The summed E-state index contributed by atoms with van der Waals surface area (Å²) in [5.41, 5.74) is 15.0. The number of hydrogen-bond donors (Lipinski definition) is 0. The molecule has 0 aliphatic rings. The van der Waals surface area contributed by atoms with Crippen LogP contribution in [0, 0.1) is 0 Å². The molecule has 0 aliphatic carbocycles. The van der Waals surface area contributed by atoms with E-state index in [1.807, 2.05) is 24.5 Å². The van der Waals surface area contributed by atoms with Gasteiger partial charge in [0, 0.05) is 67.2 Å². The van der Waals surface area contributed by atoms with Crippen molar-refractivity contribution in [2.45, 2.75) is 0 Å². The van der Waals surface area contributed by atoms with Crippen molar-refractivity contribution in [3.05, 3.63) is 279 Å². The maximum Gasteiger partial charge on any atom is 0.0708 e. The van der Waals surface area contributed by atoms with E-state index in [1.165, 1.54) is 32.7 Å². The molecule has 0 bridgehead atoms. The van der Waals surface area contributed by atoms with Crippen molar-refractivity contribution < 1.29 is 0 Å². The molecule has 0 radical (unpaired) electrons. The number of pyridine rings is 2. The lowest BCUT2D eigenvalue weighted by Gasteiger charge is -2.31. The van der Waals surface area contributed by atoms with Crippen molar-refractivity contribution in [3.63, 3.8) is 0 Å². The van der Waals surface area contributed by atoms with E-state index in [0.717, 1.165) is 100 Å². The number of hydrogen-bond acceptors (Lipinski definition) is 4. The zero-order chi connectivity index (χ0) is 49.0. The molecule has 0 atom stereocenters. The van der Waals surface area contributed by atoms with Crippen molar-refractivity contribution in [3.8, 4) is 44.8 Å². The number of benzene rings is 12. The van der Waals surface area contributed by atoms with Crippen molar-refractivity contribution in [1.82, 2.24) is 9.97 Å². The van der Waals surface area contributed by atoms with Crippen LogP contribution in [0.15, 0.2) is 279 Å². The standard InChI is InChI=1S/C70H46N4/c1-3-17-47(18-4-1)49-31-35-53(36-32-49)73(65-29-15-23-51-21-7-9-25-55(51)65)67-45-61(63-27-11-13-43-71-63)57-40-42-60-68(46-62(64-28-12-14-44-72-64)58-39-41-59(67)69(57)70(58)60)74(66-30-16-24-52-22-8-10-26-56(52)66)54-37-33-50(34-38-54)48-19-5-2-6-20-48/h1-46H. The zero-order valence-electron chi connectivity index (χ0n) is 40.3. The Bertz CT molecular complexity index is 4040. The van der Waals surface area contributed by atoms with Gasteiger partial charge in [0.1, 0.15) is 0 Å². The van der Waals surface area contributed by atoms with Crippen LogP contribution in [0.2, 0.25) is 0 Å². The van der Waals surface area contributed by atoms with Gasteiger partial charge >= 0.3 is 0 Å². The highest BCUT2D eigenvalue weighted by Crippen LogP contribution is 2.53. The van der Waals surface area contributed by atoms with Crippen molar-refractivity contribution in [2.75, 3.05) is 9.80 Å². The summed E-state index contributed by atoms with van der Waals surface area (Å²) in [6.07, 6.45) is 3.81. The third-order valence-electron chi connectivity index (χ3n) is 14.7. The molecule has 0 aliphatic heterocycles. The summed E-state index contributed by atoms with van der Waals surface area (Å²) in [5.74, 6) is 0. The van der Waals surface area contributed by atoms with Crippen LogP contribution in [-0.4, -0.2) is 9.97 Å². The highest BCUT2D eigenvalue weighted by molar-refractivity contribution is 6.32. The van der Waals surface area contributed by atoms with Crippen LogP contribution in [0.3, 0.4) is 0 Å². The van der Waals surface area contributed by atoms with Gasteiger partial charge in [0.15, 0.2) is 0 Å². The van der Waals surface area contributed by atoms with Gasteiger partial charge in [0.05, 0.1) is 34.1 Å². The van der Waals surface area contributed by atoms with Crippen LogP contribution in [-0.2, 0) is 0 Å². The topological polar surface area (TPSA) is 32.3 Å². The maximum atomic E-state index is 5.08. The lowest BCUT2D eigenvalue weighted by Crippen LogP contribution is -2.13. The number of rotatable bonds is 10. The smallest absolute Gasteiger partial charge is 0.0708 e. The number of anilines is 6. The van der Waals surface area contributed by atoms with E-state index in [0.29, 0.717) is 0 Å². The van der Waals surface area contributed by atoms with Crippen LogP contribution in [0.5, 0.6) is 0 Å². The summed E-state index contributed by atoms with van der Waals surface area (Å²) in [6, 6.07) is 96.5. The first-order chi connectivity index (χ1) is 36.7. The SMILES string of the molecule is c1ccc(-c2ccc(N(c3cccc4ccccc34)c3cc(-c4ccccn4)c4ccc5c(N(c6ccc(-c7ccccc7)cc6)c6cccc7ccccc67)cc(-c6ccccn6)c6ccc3c4c65)cc2)cc1. The molecular formula is C70H46N4. The molecule has 4 heteroatoms. The first-order valence-corrected chi connectivity index (χ1v) is 25.2. The van der Waals surface area contributed by atoms with Crippen LogP contribution < -0.4 is 9.80 Å². The molecule has 12 aromatic carbocycles. The fourth-order valence-electron chi connectivity index (χ4n) is 11.3. The molecule has 0 N–H and O–H groups in total. The molecule has 14 aromatic rings. The van der Waals surface area contributed by atoms with Gasteiger partial charge in [0.25, 0.3) is 0 Å². The Hall–Kier alpha value is -9.90. The zero-order valence-corrected chi connectivity index (χ0v) is 40.3. The molecule has 74 heavy (non-hydrogen) atoms. The van der Waals surface area contributed by atoms with Crippen LogP contribution in [0.25, 0.3) is 98.6 Å². The number of aromatic nitrogens is 2. The molecule has 0 saturated heterocycles. The molecule has 346 valence electrons. The molecule has 2 heterocycles. The summed E-state index contributed by atoms with van der Waals surface area (Å²) >= 11 is 0. The Morgan fingerprint density at radius 2 is 0.608 bits per heavy atom. The highest BCUT2D eigenvalue weighted by atomic mass is 15.2. The fraction of sp³-hybridized carbons (Fsp3) is 0. The highest BCUT2D eigenvalue weighted by Gasteiger charge is 2.27. The van der Waals surface area contributed by atoms with Crippen LogP contribution in [0.4, 0.5) is 34.1 Å². The van der Waals surface area contributed by atoms with E-state index in [9.17, 15) is 0 Å². The quantitative estimate of drug-likeness (QED) is 0.128. The van der Waals surface area contributed by atoms with Gasteiger partial charge in [-0.25, -0.2) is 0 Å². The average Bonchev–Trinajstić information content (AvgIpc) is 3.48. The van der Waals surface area contributed by atoms with Crippen LogP contribution in [0.1, 0.15) is 0 Å². The third-order valence-corrected chi connectivity index (χ3v) is 14.7. The largest absolute Gasteiger partial charge is 0.309 e. The van der Waals surface area contributed by atoms with Crippen molar-refractivity contribution >= 4 is 88.0 Å². The van der Waals surface area contributed by atoms with Gasteiger partial charge in [-0.3, -0.25) is 9.97 Å². The summed E-state index contributed by atoms with van der Waals surface area (Å²) in [7, 11) is 0. The summed E-state index contributed by atoms with van der Waals surface area (Å²) in [5, 5.41) is 11.5. The predicted octanol–water partition coefficient (Wildman–Crippen LogP) is 19.3. The minimum atomic E-state index is 0.907. The normalized spacial score (nSPS) is 11.5. The van der Waals surface area contributed by atoms with Gasteiger partial charge in [0.2, 0.25) is 0 Å². The van der Waals surface area contributed by atoms with Gasteiger partial charge in [-0.1, -0.05) is 194 Å². The molecule has 0 saturated carbocycles. The first kappa shape index (κ1) is 42.9. The predicted molar refractivity (Wildman–Crippen MR) is 312 cm³/mol. The van der Waals surface area contributed by atoms with Gasteiger partial charge in [-0.15, -0.1) is 0 Å². The Labute approximate surface area is 429 Å². The molecule has 4 nitrogen and oxygen atoms in total. The third kappa shape index (κ3) is 7.31. The Balaban J connectivity index is 1.11. The lowest BCUT2D eigenvalue weighted by atomic mass is 9.86. The monoisotopic (exact) mass is 942 g/mol. The fourth-order valence-corrected chi connectivity index (χ4v) is 11.3. The van der Waals surface area contributed by atoms with Gasteiger partial charge in [-0.05, 0) is 117 Å². The summed E-state index contributed by atoms with van der Waals surface area (Å²) in [4.78, 5) is 15.1. The van der Waals surface area contributed by atoms with E-state index in [1.54, 1.807) is 0 Å². The van der Waals surface area contributed by atoms with E-state index in [-0.39, 0.29) is 0 Å². The van der Waals surface area contributed by atoms with Crippen molar-refractivity contribution in [1.29, 1.82) is 0 Å². The molecule has 0 spiro atoms. The number of fused-ring (bicyclic) bond motifs is 2. The van der Waals surface area contributed by atoms with E-state index >= 15 is 0 Å². The Morgan fingerprint density at radius 1 is 0.243 bits per heavy atom. The minimum absolute atomic E-state index is 0.907. The van der Waals surface area contributed by atoms with Gasteiger partial charge < -0.3 is 9.80 Å². The molecular weight excluding hydrogens is 897 g/mol. The second-order valence-corrected chi connectivity index (χ2v) is 18.9. The maximum absolute atomic E-state index is 5.08. The van der Waals surface area contributed by atoms with E-state index in [2.05, 4.69) is 265 Å². The van der Waals surface area contributed by atoms with Gasteiger partial charge in [-0.2, -0.15) is 0 Å². The number of nitrogens with zero attached hydrogens (tertiary/aromatic N) is 4. The second kappa shape index (κ2) is 18.1. The van der Waals surface area contributed by atoms with Crippen molar-refractivity contribution in [2.24, 2.45) is 0 Å². The Morgan fingerprint density at radius 3 is 1.03 bits per heavy atom. The lowest BCUT2D eigenvalue weighted by molar-refractivity contribution is 1.30.